The molecule has 1 N–H and O–H groups in total. The molecule has 1 aliphatic rings. The second kappa shape index (κ2) is 5.08. The summed E-state index contributed by atoms with van der Waals surface area (Å²) in [6.45, 7) is 0. The molecule has 0 unspecified atom stereocenters. The molecule has 0 aliphatic heterocycles. The van der Waals surface area contributed by atoms with Gasteiger partial charge in [0.2, 0.25) is 0 Å². The van der Waals surface area contributed by atoms with Crippen molar-refractivity contribution in [3.63, 3.8) is 0 Å². The Kier molecular flexibility index (Phi) is 3.12. The molecular formula is C13H15N5. The number of nitrogens with one attached hydrogen (secondary N) is 1. The van der Waals surface area contributed by atoms with E-state index in [1.807, 2.05) is 12.1 Å². The van der Waals surface area contributed by atoms with Crippen molar-refractivity contribution in [2.75, 3.05) is 5.43 Å². The lowest BCUT2D eigenvalue weighted by Crippen LogP contribution is -2.07. The lowest BCUT2D eigenvalue weighted by Gasteiger charge is -2.12. The van der Waals surface area contributed by atoms with Gasteiger partial charge in [0.1, 0.15) is 16.7 Å². The lowest BCUT2D eigenvalue weighted by molar-refractivity contribution is 0.665. The maximum absolute atomic E-state index is 4.46. The van der Waals surface area contributed by atoms with E-state index < -0.39 is 0 Å². The average Bonchev–Trinajstić information content (AvgIpc) is 2.46. The molecule has 2 heterocycles. The fourth-order valence-electron chi connectivity index (χ4n) is 2.19. The molecule has 0 radical (unpaired) electrons. The van der Waals surface area contributed by atoms with E-state index in [4.69, 9.17) is 0 Å². The third-order valence-electron chi connectivity index (χ3n) is 3.16. The zero-order valence-corrected chi connectivity index (χ0v) is 10.1. The summed E-state index contributed by atoms with van der Waals surface area (Å²) in [5, 5.41) is 12.5. The van der Waals surface area contributed by atoms with Gasteiger partial charge in [0, 0.05) is 11.9 Å². The van der Waals surface area contributed by atoms with Crippen molar-refractivity contribution in [3.05, 3.63) is 24.5 Å². The average molecular weight is 241 g/mol. The zero-order chi connectivity index (χ0) is 12.2. The molecule has 0 aromatic carbocycles. The first-order valence-electron chi connectivity index (χ1n) is 6.31. The molecule has 2 aromatic rings. The van der Waals surface area contributed by atoms with Gasteiger partial charge in [-0.1, -0.05) is 6.42 Å². The van der Waals surface area contributed by atoms with Crippen LogP contribution in [0.15, 0.2) is 29.6 Å². The van der Waals surface area contributed by atoms with Crippen LogP contribution in [0, 0.1) is 0 Å². The highest BCUT2D eigenvalue weighted by Gasteiger charge is 2.07. The first-order valence-corrected chi connectivity index (χ1v) is 6.31. The molecule has 0 amide bonds. The topological polar surface area (TPSA) is 63.1 Å². The van der Waals surface area contributed by atoms with Crippen LogP contribution in [0.5, 0.6) is 0 Å². The molecule has 0 spiro atoms. The van der Waals surface area contributed by atoms with Crippen molar-refractivity contribution >= 4 is 22.4 Å². The van der Waals surface area contributed by atoms with E-state index in [1.165, 1.54) is 25.0 Å². The molecule has 1 saturated carbocycles. The Balaban J connectivity index is 1.86. The van der Waals surface area contributed by atoms with E-state index in [1.54, 1.807) is 12.4 Å². The summed E-state index contributed by atoms with van der Waals surface area (Å²) >= 11 is 0. The van der Waals surface area contributed by atoms with Gasteiger partial charge in [-0.05, 0) is 37.8 Å². The molecule has 1 aliphatic carbocycles. The van der Waals surface area contributed by atoms with Gasteiger partial charge in [-0.2, -0.15) is 10.2 Å². The summed E-state index contributed by atoms with van der Waals surface area (Å²) in [5.74, 6) is 0. The zero-order valence-electron chi connectivity index (χ0n) is 10.1. The second-order valence-corrected chi connectivity index (χ2v) is 4.48. The Hall–Kier alpha value is -2.04. The highest BCUT2D eigenvalue weighted by atomic mass is 15.3. The van der Waals surface area contributed by atoms with Crippen LogP contribution >= 0.6 is 0 Å². The van der Waals surface area contributed by atoms with Crippen LogP contribution in [0.25, 0.3) is 11.0 Å². The van der Waals surface area contributed by atoms with Gasteiger partial charge in [0.05, 0.1) is 6.20 Å². The number of fused-ring (bicyclic) bond motifs is 1. The van der Waals surface area contributed by atoms with Crippen LogP contribution in [-0.4, -0.2) is 20.9 Å². The largest absolute Gasteiger partial charge is 0.275 e. The summed E-state index contributed by atoms with van der Waals surface area (Å²) in [5.41, 5.74) is 6.73. The van der Waals surface area contributed by atoms with Crippen LogP contribution in [0.4, 0.5) is 5.69 Å². The molecule has 3 rings (SSSR count). The maximum Gasteiger partial charge on any atom is 0.117 e. The molecular weight excluding hydrogens is 226 g/mol. The molecule has 0 atom stereocenters. The molecule has 5 heteroatoms. The third kappa shape index (κ3) is 2.30. The van der Waals surface area contributed by atoms with Crippen LogP contribution in [0.3, 0.4) is 0 Å². The van der Waals surface area contributed by atoms with Crippen molar-refractivity contribution < 1.29 is 0 Å². The molecule has 0 saturated heterocycles. The molecule has 2 aromatic heterocycles. The fourth-order valence-corrected chi connectivity index (χ4v) is 2.19. The minimum atomic E-state index is 0.784. The lowest BCUT2D eigenvalue weighted by atomic mass is 9.99. The van der Waals surface area contributed by atoms with Gasteiger partial charge >= 0.3 is 0 Å². The summed E-state index contributed by atoms with van der Waals surface area (Å²) in [6, 6.07) is 3.75. The second-order valence-electron chi connectivity index (χ2n) is 4.48. The summed E-state index contributed by atoms with van der Waals surface area (Å²) in [6.07, 6.45) is 9.42. The Bertz CT molecular complexity index is 565. The van der Waals surface area contributed by atoms with Crippen molar-refractivity contribution in [3.8, 4) is 0 Å². The number of hydrogen-bond donors (Lipinski definition) is 1. The van der Waals surface area contributed by atoms with Crippen LogP contribution in [-0.2, 0) is 0 Å². The van der Waals surface area contributed by atoms with Crippen LogP contribution in [0.2, 0.25) is 0 Å². The van der Waals surface area contributed by atoms with E-state index in [-0.39, 0.29) is 0 Å². The Morgan fingerprint density at radius 2 is 2.06 bits per heavy atom. The first kappa shape index (κ1) is 11.1. The minimum Gasteiger partial charge on any atom is -0.275 e. The minimum absolute atomic E-state index is 0.784. The van der Waals surface area contributed by atoms with Crippen LogP contribution < -0.4 is 5.43 Å². The Morgan fingerprint density at radius 3 is 2.94 bits per heavy atom. The highest BCUT2D eigenvalue weighted by molar-refractivity contribution is 5.89. The number of hydrogen-bond acceptors (Lipinski definition) is 5. The summed E-state index contributed by atoms with van der Waals surface area (Å²) in [4.78, 5) is 4.31. The number of nitrogens with zero attached hydrogens (tertiary/aromatic N) is 4. The number of anilines is 1. The Morgan fingerprint density at radius 1 is 1.17 bits per heavy atom. The van der Waals surface area contributed by atoms with Crippen LogP contribution in [0.1, 0.15) is 32.1 Å². The smallest absolute Gasteiger partial charge is 0.117 e. The van der Waals surface area contributed by atoms with Gasteiger partial charge in [-0.25, -0.2) is 0 Å². The normalized spacial score (nSPS) is 15.7. The fraction of sp³-hybridized carbons (Fsp3) is 0.385. The molecule has 92 valence electrons. The number of aromatic nitrogens is 3. The highest BCUT2D eigenvalue weighted by Crippen LogP contribution is 2.19. The first-order chi connectivity index (χ1) is 8.93. The van der Waals surface area contributed by atoms with E-state index in [2.05, 4.69) is 25.7 Å². The summed E-state index contributed by atoms with van der Waals surface area (Å²) in [7, 11) is 0. The molecule has 0 bridgehead atoms. The third-order valence-corrected chi connectivity index (χ3v) is 3.16. The Labute approximate surface area is 105 Å². The van der Waals surface area contributed by atoms with E-state index >= 15 is 0 Å². The number of rotatable bonds is 2. The predicted octanol–water partition coefficient (Wildman–Crippen LogP) is 2.76. The van der Waals surface area contributed by atoms with E-state index in [0.29, 0.717) is 0 Å². The molecule has 18 heavy (non-hydrogen) atoms. The monoisotopic (exact) mass is 241 g/mol. The number of pyridine rings is 1. The van der Waals surface area contributed by atoms with Gasteiger partial charge in [0.25, 0.3) is 0 Å². The number of hydrazone groups is 1. The van der Waals surface area contributed by atoms with E-state index in [9.17, 15) is 0 Å². The predicted molar refractivity (Wildman–Crippen MR) is 71.5 cm³/mol. The van der Waals surface area contributed by atoms with Gasteiger partial charge in [0.15, 0.2) is 0 Å². The van der Waals surface area contributed by atoms with E-state index in [0.717, 1.165) is 29.6 Å². The standard InChI is InChI=1S/C13H15N5/c1-2-5-10(6-3-1)16-18-12-9-15-17-11-7-4-8-14-13(11)12/h4,7-9H,1-3,5-6H2,(H,17,18). The van der Waals surface area contributed by atoms with Crippen molar-refractivity contribution in [1.82, 2.24) is 15.2 Å². The van der Waals surface area contributed by atoms with Crippen molar-refractivity contribution in [2.45, 2.75) is 32.1 Å². The van der Waals surface area contributed by atoms with Gasteiger partial charge in [-0.3, -0.25) is 10.4 Å². The molecule has 1 fully saturated rings. The van der Waals surface area contributed by atoms with Gasteiger partial charge < -0.3 is 0 Å². The maximum atomic E-state index is 4.46. The molecule has 5 nitrogen and oxygen atoms in total. The SMILES string of the molecule is c1cnc2c(NN=C3CCCCC3)cnnc2c1. The van der Waals surface area contributed by atoms with Crippen molar-refractivity contribution in [1.29, 1.82) is 0 Å². The summed E-state index contributed by atoms with van der Waals surface area (Å²) < 4.78 is 0. The van der Waals surface area contributed by atoms with Gasteiger partial charge in [-0.15, -0.1) is 5.10 Å². The quantitative estimate of drug-likeness (QED) is 0.821. The van der Waals surface area contributed by atoms with Crippen molar-refractivity contribution in [2.24, 2.45) is 5.10 Å².